The highest BCUT2D eigenvalue weighted by molar-refractivity contribution is 8.00. The van der Waals surface area contributed by atoms with Crippen LogP contribution < -0.4 is 5.32 Å². The van der Waals surface area contributed by atoms with Crippen molar-refractivity contribution in [3.8, 4) is 0 Å². The zero-order chi connectivity index (χ0) is 9.97. The predicted octanol–water partition coefficient (Wildman–Crippen LogP) is 2.29. The van der Waals surface area contributed by atoms with E-state index >= 15 is 0 Å². The van der Waals surface area contributed by atoms with Gasteiger partial charge in [-0.2, -0.15) is 0 Å². The van der Waals surface area contributed by atoms with Crippen LogP contribution in [-0.4, -0.2) is 29.8 Å². The van der Waals surface area contributed by atoms with Gasteiger partial charge in [0.15, 0.2) is 0 Å². The minimum Gasteiger partial charge on any atom is -0.394 e. The minimum atomic E-state index is 0.202. The van der Waals surface area contributed by atoms with E-state index in [1.165, 1.54) is 9.79 Å². The van der Waals surface area contributed by atoms with Crippen LogP contribution in [0.15, 0.2) is 28.0 Å². The quantitative estimate of drug-likeness (QED) is 0.759. The number of fused-ring (bicyclic) bond motifs is 1. The Bertz CT molecular complexity index is 330. The molecule has 0 amide bonds. The molecule has 14 heavy (non-hydrogen) atoms. The van der Waals surface area contributed by atoms with Crippen LogP contribution in [0.2, 0.25) is 0 Å². The lowest BCUT2D eigenvalue weighted by Crippen LogP contribution is -2.29. The van der Waals surface area contributed by atoms with Crippen LogP contribution in [0.1, 0.15) is 0 Å². The molecular formula is C10H13NOS2. The molecule has 2 N–H and O–H groups in total. The Hall–Kier alpha value is -0.320. The number of aliphatic hydroxyl groups is 1. The molecule has 0 bridgehead atoms. The Balaban J connectivity index is 2.23. The molecule has 1 atom stereocenters. The number of rotatable bonds is 2. The van der Waals surface area contributed by atoms with Crippen LogP contribution in [0.25, 0.3) is 0 Å². The first-order valence-electron chi connectivity index (χ1n) is 4.51. The normalized spacial score (nSPS) is 20.0. The molecule has 0 fully saturated rings. The van der Waals surface area contributed by atoms with Crippen LogP contribution in [0, 0.1) is 0 Å². The first-order chi connectivity index (χ1) is 6.83. The van der Waals surface area contributed by atoms with E-state index in [1.54, 1.807) is 11.8 Å². The highest BCUT2D eigenvalue weighted by Gasteiger charge is 2.17. The van der Waals surface area contributed by atoms with Crippen molar-refractivity contribution < 1.29 is 5.11 Å². The largest absolute Gasteiger partial charge is 0.394 e. The molecule has 4 heteroatoms. The maximum Gasteiger partial charge on any atom is 0.0641 e. The topological polar surface area (TPSA) is 32.3 Å². The van der Waals surface area contributed by atoms with Crippen LogP contribution in [0.3, 0.4) is 0 Å². The first-order valence-corrected chi connectivity index (χ1v) is 6.72. The van der Waals surface area contributed by atoms with Crippen molar-refractivity contribution in [2.45, 2.75) is 15.8 Å². The van der Waals surface area contributed by atoms with Gasteiger partial charge in [0.05, 0.1) is 12.6 Å². The van der Waals surface area contributed by atoms with Crippen molar-refractivity contribution in [3.63, 3.8) is 0 Å². The van der Waals surface area contributed by atoms with Gasteiger partial charge in [-0.25, -0.2) is 0 Å². The Morgan fingerprint density at radius 2 is 2.50 bits per heavy atom. The maximum atomic E-state index is 9.04. The van der Waals surface area contributed by atoms with E-state index < -0.39 is 0 Å². The number of hydrogen-bond acceptors (Lipinski definition) is 4. The third kappa shape index (κ3) is 2.02. The average molecular weight is 227 g/mol. The number of hydrogen-bond donors (Lipinski definition) is 2. The molecule has 1 unspecified atom stereocenters. The second-order valence-electron chi connectivity index (χ2n) is 3.20. The predicted molar refractivity (Wildman–Crippen MR) is 63.4 cm³/mol. The number of anilines is 1. The highest BCUT2D eigenvalue weighted by atomic mass is 32.2. The molecule has 1 aliphatic rings. The van der Waals surface area contributed by atoms with Gasteiger partial charge in [0.25, 0.3) is 0 Å². The SMILES string of the molecule is CSc1ccc2c(c1)SCC(CO)N2. The Kier molecular flexibility index (Phi) is 3.26. The molecule has 76 valence electrons. The third-order valence-electron chi connectivity index (χ3n) is 2.21. The van der Waals surface area contributed by atoms with Gasteiger partial charge in [0, 0.05) is 21.2 Å². The number of benzene rings is 1. The minimum absolute atomic E-state index is 0.202. The molecule has 1 aliphatic heterocycles. The highest BCUT2D eigenvalue weighted by Crippen LogP contribution is 2.35. The second-order valence-corrected chi connectivity index (χ2v) is 5.14. The molecule has 1 aromatic carbocycles. The van der Waals surface area contributed by atoms with Crippen LogP contribution in [0.4, 0.5) is 5.69 Å². The molecular weight excluding hydrogens is 214 g/mol. The summed E-state index contributed by atoms with van der Waals surface area (Å²) < 4.78 is 0. The van der Waals surface area contributed by atoms with E-state index in [0.717, 1.165) is 11.4 Å². The lowest BCUT2D eigenvalue weighted by Gasteiger charge is -2.25. The zero-order valence-electron chi connectivity index (χ0n) is 7.99. The molecule has 0 saturated heterocycles. The van der Waals surface area contributed by atoms with Gasteiger partial charge in [-0.3, -0.25) is 0 Å². The van der Waals surface area contributed by atoms with Gasteiger partial charge in [-0.1, -0.05) is 0 Å². The van der Waals surface area contributed by atoms with Crippen molar-refractivity contribution in [1.29, 1.82) is 0 Å². The van der Waals surface area contributed by atoms with Crippen molar-refractivity contribution in [2.75, 3.05) is 23.9 Å². The van der Waals surface area contributed by atoms with E-state index in [2.05, 4.69) is 29.8 Å². The van der Waals surface area contributed by atoms with Gasteiger partial charge in [-0.05, 0) is 24.5 Å². The van der Waals surface area contributed by atoms with Crippen LogP contribution in [-0.2, 0) is 0 Å². The standard InChI is InChI=1S/C10H13NOS2/c1-13-8-2-3-9-10(4-8)14-6-7(5-12)11-9/h2-4,7,11-12H,5-6H2,1H3. The Morgan fingerprint density at radius 1 is 1.64 bits per heavy atom. The lowest BCUT2D eigenvalue weighted by atomic mass is 10.2. The fourth-order valence-electron chi connectivity index (χ4n) is 1.42. The molecule has 2 nitrogen and oxygen atoms in total. The summed E-state index contributed by atoms with van der Waals surface area (Å²) in [6.45, 7) is 0.205. The lowest BCUT2D eigenvalue weighted by molar-refractivity contribution is 0.282. The third-order valence-corrected chi connectivity index (χ3v) is 4.15. The van der Waals surface area contributed by atoms with Crippen molar-refractivity contribution in [3.05, 3.63) is 18.2 Å². The Labute approximate surface area is 92.5 Å². The average Bonchev–Trinajstić information content (AvgIpc) is 2.27. The number of aliphatic hydroxyl groups excluding tert-OH is 1. The summed E-state index contributed by atoms with van der Waals surface area (Å²) in [7, 11) is 0. The van der Waals surface area contributed by atoms with Crippen molar-refractivity contribution in [1.82, 2.24) is 0 Å². The summed E-state index contributed by atoms with van der Waals surface area (Å²) in [6.07, 6.45) is 2.08. The molecule has 2 rings (SSSR count). The molecule has 0 radical (unpaired) electrons. The van der Waals surface area contributed by atoms with Gasteiger partial charge < -0.3 is 10.4 Å². The molecule has 1 heterocycles. The fraction of sp³-hybridized carbons (Fsp3) is 0.400. The molecule has 0 aliphatic carbocycles. The summed E-state index contributed by atoms with van der Waals surface area (Å²) in [4.78, 5) is 2.59. The van der Waals surface area contributed by atoms with Crippen LogP contribution >= 0.6 is 23.5 Å². The first kappa shape index (κ1) is 10.2. The smallest absolute Gasteiger partial charge is 0.0641 e. The maximum absolute atomic E-state index is 9.04. The van der Waals surface area contributed by atoms with E-state index in [1.807, 2.05) is 11.8 Å². The van der Waals surface area contributed by atoms with E-state index in [9.17, 15) is 0 Å². The van der Waals surface area contributed by atoms with E-state index in [0.29, 0.717) is 0 Å². The fourth-order valence-corrected chi connectivity index (χ4v) is 3.00. The summed E-state index contributed by atoms with van der Waals surface area (Å²) in [5, 5.41) is 12.4. The van der Waals surface area contributed by atoms with Gasteiger partial charge >= 0.3 is 0 Å². The van der Waals surface area contributed by atoms with E-state index in [-0.39, 0.29) is 12.6 Å². The summed E-state index contributed by atoms with van der Waals surface area (Å²) in [6, 6.07) is 6.60. The number of nitrogens with one attached hydrogen (secondary N) is 1. The molecule has 0 saturated carbocycles. The molecule has 0 aromatic heterocycles. The van der Waals surface area contributed by atoms with Crippen LogP contribution in [0.5, 0.6) is 0 Å². The van der Waals surface area contributed by atoms with Gasteiger partial charge in [-0.15, -0.1) is 23.5 Å². The second kappa shape index (κ2) is 4.47. The summed E-state index contributed by atoms with van der Waals surface area (Å²) in [5.74, 6) is 0.946. The van der Waals surface area contributed by atoms with Gasteiger partial charge in [0.2, 0.25) is 0 Å². The monoisotopic (exact) mass is 227 g/mol. The van der Waals surface area contributed by atoms with Crippen molar-refractivity contribution >= 4 is 29.2 Å². The number of thioether (sulfide) groups is 2. The van der Waals surface area contributed by atoms with E-state index in [4.69, 9.17) is 5.11 Å². The Morgan fingerprint density at radius 3 is 3.21 bits per heavy atom. The van der Waals surface area contributed by atoms with Crippen molar-refractivity contribution in [2.24, 2.45) is 0 Å². The molecule has 1 aromatic rings. The molecule has 0 spiro atoms. The zero-order valence-corrected chi connectivity index (χ0v) is 9.62. The summed E-state index contributed by atoms with van der Waals surface area (Å²) in [5.41, 5.74) is 1.15. The summed E-state index contributed by atoms with van der Waals surface area (Å²) >= 11 is 3.57. The van der Waals surface area contributed by atoms with Gasteiger partial charge in [0.1, 0.15) is 0 Å².